The molecule has 10 nitrogen and oxygen atoms in total. The minimum absolute atomic E-state index is 0.427. The van der Waals surface area contributed by atoms with Crippen molar-refractivity contribution in [2.45, 2.75) is 24.9 Å². The van der Waals surface area contributed by atoms with Gasteiger partial charge in [0.1, 0.15) is 12.3 Å². The van der Waals surface area contributed by atoms with E-state index in [0.717, 1.165) is 0 Å². The third-order valence-electron chi connectivity index (χ3n) is 1.95. The van der Waals surface area contributed by atoms with Gasteiger partial charge in [-0.25, -0.2) is 0 Å². The van der Waals surface area contributed by atoms with E-state index in [-0.39, 0.29) is 0 Å². The Labute approximate surface area is 106 Å². The van der Waals surface area contributed by atoms with Crippen molar-refractivity contribution in [1.29, 1.82) is 0 Å². The van der Waals surface area contributed by atoms with Crippen LogP contribution in [0.1, 0.15) is 12.8 Å². The molecule has 106 valence electrons. The number of aliphatic carboxylic acids is 2. The second-order valence-electron chi connectivity index (χ2n) is 3.51. The van der Waals surface area contributed by atoms with Crippen LogP contribution in [0.2, 0.25) is 0 Å². The molecule has 0 spiro atoms. The maximum absolute atomic E-state index is 11.4. The van der Waals surface area contributed by atoms with Crippen LogP contribution in [-0.4, -0.2) is 57.3 Å². The average Bonchev–Trinajstić information content (AvgIpc) is 2.26. The summed E-state index contributed by atoms with van der Waals surface area (Å²) in [5.41, 5.74) is 5.24. The monoisotopic (exact) mass is 275 g/mol. The van der Waals surface area contributed by atoms with Crippen molar-refractivity contribution in [3.63, 3.8) is 0 Å². The van der Waals surface area contributed by atoms with Gasteiger partial charge in [0.05, 0.1) is 18.9 Å². The fourth-order valence-corrected chi connectivity index (χ4v) is 1.10. The van der Waals surface area contributed by atoms with E-state index in [1.165, 1.54) is 0 Å². The van der Waals surface area contributed by atoms with Gasteiger partial charge in [-0.15, -0.1) is 0 Å². The number of nitrogens with two attached hydrogens (primary N) is 1. The molecule has 0 aliphatic heterocycles. The molecule has 0 aromatic rings. The van der Waals surface area contributed by atoms with Crippen LogP contribution >= 0.6 is 0 Å². The predicted molar refractivity (Wildman–Crippen MR) is 59.7 cm³/mol. The van der Waals surface area contributed by atoms with Crippen LogP contribution in [0.15, 0.2) is 5.16 Å². The summed E-state index contributed by atoms with van der Waals surface area (Å²) in [5, 5.41) is 29.6. The summed E-state index contributed by atoms with van der Waals surface area (Å²) in [6.45, 7) is 0. The van der Waals surface area contributed by atoms with Crippen molar-refractivity contribution >= 4 is 29.8 Å². The summed E-state index contributed by atoms with van der Waals surface area (Å²) in [4.78, 5) is 43.6. The van der Waals surface area contributed by atoms with Crippen LogP contribution < -0.4 is 11.1 Å². The van der Waals surface area contributed by atoms with Crippen LogP contribution in [0.3, 0.4) is 0 Å². The van der Waals surface area contributed by atoms with Gasteiger partial charge in [-0.2, -0.15) is 0 Å². The van der Waals surface area contributed by atoms with Crippen molar-refractivity contribution in [1.82, 2.24) is 5.32 Å². The highest BCUT2D eigenvalue weighted by Gasteiger charge is 2.26. The normalized spacial score (nSPS) is 13.7. The number of carboxylic acid groups (broad SMARTS) is 2. The highest BCUT2D eigenvalue weighted by atomic mass is 16.4. The molecule has 0 rings (SSSR count). The molecule has 0 heterocycles. The second-order valence-corrected chi connectivity index (χ2v) is 3.51. The molecular formula is C9H13N3O7. The standard InChI is InChI=1S/C9H13N3O7/c10-4(1-7(14)15)9(18)12-5(2-8(16)17)6(13)3-11-19/h3-5,19H,1-2,10H2,(H,12,18)(H,14,15)(H,16,17)/t4-,5-/m0/s1. The smallest absolute Gasteiger partial charge is 0.305 e. The summed E-state index contributed by atoms with van der Waals surface area (Å²) >= 11 is 0. The first-order valence-corrected chi connectivity index (χ1v) is 4.98. The number of carbonyl (C=O) groups excluding carboxylic acids is 2. The molecule has 0 saturated heterocycles. The molecule has 0 aromatic carbocycles. The van der Waals surface area contributed by atoms with Gasteiger partial charge in [0.2, 0.25) is 5.91 Å². The zero-order valence-corrected chi connectivity index (χ0v) is 9.65. The summed E-state index contributed by atoms with van der Waals surface area (Å²) in [7, 11) is 0. The number of carboxylic acids is 2. The lowest BCUT2D eigenvalue weighted by Gasteiger charge is -2.16. The van der Waals surface area contributed by atoms with Crippen molar-refractivity contribution in [2.24, 2.45) is 10.9 Å². The number of hydrogen-bond donors (Lipinski definition) is 5. The number of ketones is 1. The average molecular weight is 275 g/mol. The molecule has 0 radical (unpaired) electrons. The fraction of sp³-hybridized carbons (Fsp3) is 0.444. The summed E-state index contributed by atoms with van der Waals surface area (Å²) in [5.74, 6) is -4.65. The van der Waals surface area contributed by atoms with Gasteiger partial charge < -0.3 is 26.5 Å². The maximum atomic E-state index is 11.4. The molecule has 1 amide bonds. The van der Waals surface area contributed by atoms with E-state index in [9.17, 15) is 19.2 Å². The van der Waals surface area contributed by atoms with E-state index in [0.29, 0.717) is 6.21 Å². The van der Waals surface area contributed by atoms with Gasteiger partial charge in [0.15, 0.2) is 5.78 Å². The predicted octanol–water partition coefficient (Wildman–Crippen LogP) is -2.22. The van der Waals surface area contributed by atoms with E-state index in [4.69, 9.17) is 21.2 Å². The molecule has 2 atom stereocenters. The number of oxime groups is 1. The molecule has 0 aliphatic rings. The lowest BCUT2D eigenvalue weighted by Crippen LogP contribution is -2.50. The van der Waals surface area contributed by atoms with Crippen molar-refractivity contribution in [2.75, 3.05) is 0 Å². The van der Waals surface area contributed by atoms with Gasteiger partial charge in [-0.1, -0.05) is 5.16 Å². The largest absolute Gasteiger partial charge is 0.481 e. The first-order valence-electron chi connectivity index (χ1n) is 4.98. The highest BCUT2D eigenvalue weighted by Crippen LogP contribution is 1.97. The zero-order chi connectivity index (χ0) is 15.0. The van der Waals surface area contributed by atoms with Gasteiger partial charge in [0.25, 0.3) is 0 Å². The molecule has 0 aliphatic carbocycles. The number of Topliss-reactive ketones (excluding diaryl/α,β-unsaturated/α-hetero) is 1. The SMILES string of the molecule is N[C@@H](CC(=O)O)C(=O)N[C@@H](CC(=O)O)C(=O)C=NO. The van der Waals surface area contributed by atoms with Gasteiger partial charge in [-0.3, -0.25) is 19.2 Å². The Morgan fingerprint density at radius 1 is 1.16 bits per heavy atom. The Hall–Kier alpha value is -2.49. The lowest BCUT2D eigenvalue weighted by atomic mass is 10.1. The highest BCUT2D eigenvalue weighted by molar-refractivity contribution is 6.30. The minimum Gasteiger partial charge on any atom is -0.481 e. The van der Waals surface area contributed by atoms with Crippen LogP contribution in [0.25, 0.3) is 0 Å². The lowest BCUT2D eigenvalue weighted by molar-refractivity contribution is -0.141. The topological polar surface area (TPSA) is 179 Å². The number of amides is 1. The quantitative estimate of drug-likeness (QED) is 0.187. The fourth-order valence-electron chi connectivity index (χ4n) is 1.10. The Bertz CT molecular complexity index is 407. The second kappa shape index (κ2) is 7.76. The van der Waals surface area contributed by atoms with Crippen LogP contribution in [0.4, 0.5) is 0 Å². The number of rotatable bonds is 8. The van der Waals surface area contributed by atoms with Crippen molar-refractivity contribution in [3.8, 4) is 0 Å². The van der Waals surface area contributed by atoms with Crippen LogP contribution in [-0.2, 0) is 19.2 Å². The van der Waals surface area contributed by atoms with Gasteiger partial charge >= 0.3 is 11.9 Å². The molecule has 0 fully saturated rings. The third-order valence-corrected chi connectivity index (χ3v) is 1.95. The Balaban J connectivity index is 4.71. The Morgan fingerprint density at radius 3 is 2.11 bits per heavy atom. The first kappa shape index (κ1) is 16.5. The van der Waals surface area contributed by atoms with Crippen molar-refractivity contribution < 1.29 is 34.6 Å². The van der Waals surface area contributed by atoms with E-state index in [1.54, 1.807) is 0 Å². The molecule has 0 aromatic heterocycles. The summed E-state index contributed by atoms with van der Waals surface area (Å²) < 4.78 is 0. The molecule has 19 heavy (non-hydrogen) atoms. The molecule has 10 heteroatoms. The first-order chi connectivity index (χ1) is 8.77. The zero-order valence-electron chi connectivity index (χ0n) is 9.65. The Morgan fingerprint density at radius 2 is 1.68 bits per heavy atom. The van der Waals surface area contributed by atoms with E-state index in [1.807, 2.05) is 5.32 Å². The van der Waals surface area contributed by atoms with Crippen LogP contribution in [0, 0.1) is 0 Å². The molecule has 0 bridgehead atoms. The number of nitrogens with one attached hydrogen (secondary N) is 1. The molecule has 0 saturated carbocycles. The number of carbonyl (C=O) groups is 4. The third kappa shape index (κ3) is 6.73. The van der Waals surface area contributed by atoms with E-state index < -0.39 is 48.6 Å². The summed E-state index contributed by atoms with van der Waals surface area (Å²) in [6, 6.07) is -2.91. The number of nitrogens with zero attached hydrogens (tertiary/aromatic N) is 1. The molecule has 0 unspecified atom stereocenters. The number of hydrogen-bond acceptors (Lipinski definition) is 7. The maximum Gasteiger partial charge on any atom is 0.305 e. The van der Waals surface area contributed by atoms with Gasteiger partial charge in [0, 0.05) is 0 Å². The summed E-state index contributed by atoms with van der Waals surface area (Å²) in [6.07, 6.45) is -0.999. The molecular weight excluding hydrogens is 262 g/mol. The van der Waals surface area contributed by atoms with Crippen molar-refractivity contribution in [3.05, 3.63) is 0 Å². The minimum atomic E-state index is -1.49. The van der Waals surface area contributed by atoms with Crippen LogP contribution in [0.5, 0.6) is 0 Å². The van der Waals surface area contributed by atoms with E-state index >= 15 is 0 Å². The Kier molecular flexibility index (Phi) is 6.75. The molecule has 6 N–H and O–H groups in total. The van der Waals surface area contributed by atoms with Gasteiger partial charge in [-0.05, 0) is 0 Å². The van der Waals surface area contributed by atoms with E-state index in [2.05, 4.69) is 5.16 Å².